The molecule has 0 spiro atoms. The number of benzene rings is 2. The maximum atomic E-state index is 13.6. The lowest BCUT2D eigenvalue weighted by molar-refractivity contribution is 0.0744. The number of fused-ring (bicyclic) bond motifs is 1. The van der Waals surface area contributed by atoms with Crippen LogP contribution in [0.1, 0.15) is 21.5 Å². The SMILES string of the molecule is COc1ccccc1N1CCN(C(=O)c2cc3cccnc3n(Cc3ccc(C)cc3)c2=O)CC1. The van der Waals surface area contributed by atoms with E-state index in [1.54, 1.807) is 28.8 Å². The number of hydrogen-bond donors (Lipinski definition) is 0. The highest BCUT2D eigenvalue weighted by molar-refractivity contribution is 5.97. The maximum absolute atomic E-state index is 13.6. The fourth-order valence-corrected chi connectivity index (χ4v) is 4.59. The van der Waals surface area contributed by atoms with Crippen molar-refractivity contribution in [2.75, 3.05) is 38.2 Å². The molecule has 1 aliphatic heterocycles. The molecule has 1 saturated heterocycles. The fraction of sp³-hybridized carbons (Fsp3) is 0.250. The number of aromatic nitrogens is 2. The van der Waals surface area contributed by atoms with Crippen LogP contribution in [-0.4, -0.2) is 53.6 Å². The fourth-order valence-electron chi connectivity index (χ4n) is 4.59. The average Bonchev–Trinajstić information content (AvgIpc) is 2.91. The van der Waals surface area contributed by atoms with Gasteiger partial charge in [-0.3, -0.25) is 14.2 Å². The molecule has 0 saturated carbocycles. The summed E-state index contributed by atoms with van der Waals surface area (Å²) in [4.78, 5) is 35.5. The Morgan fingerprint density at radius 2 is 1.71 bits per heavy atom. The van der Waals surface area contributed by atoms with Gasteiger partial charge in [0.05, 0.1) is 19.3 Å². The molecule has 4 aromatic rings. The van der Waals surface area contributed by atoms with Crippen molar-refractivity contribution >= 4 is 22.6 Å². The highest BCUT2D eigenvalue weighted by Gasteiger charge is 2.26. The summed E-state index contributed by atoms with van der Waals surface area (Å²) in [7, 11) is 1.66. The van der Waals surface area contributed by atoms with E-state index in [0.29, 0.717) is 38.4 Å². The van der Waals surface area contributed by atoms with Gasteiger partial charge in [-0.1, -0.05) is 42.0 Å². The molecule has 1 amide bonds. The molecule has 3 heterocycles. The minimum absolute atomic E-state index is 0.184. The number of carbonyl (C=O) groups is 1. The van der Waals surface area contributed by atoms with E-state index in [4.69, 9.17) is 4.74 Å². The van der Waals surface area contributed by atoms with Crippen LogP contribution >= 0.6 is 0 Å². The second kappa shape index (κ2) is 9.62. The van der Waals surface area contributed by atoms with E-state index >= 15 is 0 Å². The number of aryl methyl sites for hydroxylation is 1. The molecular weight excluding hydrogens is 440 g/mol. The Balaban J connectivity index is 1.43. The molecule has 7 nitrogen and oxygen atoms in total. The summed E-state index contributed by atoms with van der Waals surface area (Å²) >= 11 is 0. The molecule has 178 valence electrons. The van der Waals surface area contributed by atoms with Crippen LogP contribution in [0.3, 0.4) is 0 Å². The number of ether oxygens (including phenoxy) is 1. The van der Waals surface area contributed by atoms with Crippen LogP contribution in [0.5, 0.6) is 5.75 Å². The van der Waals surface area contributed by atoms with Crippen molar-refractivity contribution < 1.29 is 9.53 Å². The van der Waals surface area contributed by atoms with Gasteiger partial charge in [0.1, 0.15) is 17.0 Å². The van der Waals surface area contributed by atoms with Crippen LogP contribution in [0, 0.1) is 6.92 Å². The molecule has 1 aliphatic rings. The van der Waals surface area contributed by atoms with Crippen LogP contribution in [0.4, 0.5) is 5.69 Å². The maximum Gasteiger partial charge on any atom is 0.265 e. The first-order valence-electron chi connectivity index (χ1n) is 11.8. The predicted octanol–water partition coefficient (Wildman–Crippen LogP) is 3.72. The lowest BCUT2D eigenvalue weighted by Gasteiger charge is -2.36. The summed E-state index contributed by atoms with van der Waals surface area (Å²) in [5.41, 5.74) is 3.60. The number of carbonyl (C=O) groups excluding carboxylic acids is 1. The van der Waals surface area contributed by atoms with Gasteiger partial charge in [-0.2, -0.15) is 0 Å². The number of methoxy groups -OCH3 is 1. The normalized spacial score (nSPS) is 13.8. The van der Waals surface area contributed by atoms with E-state index in [9.17, 15) is 9.59 Å². The predicted molar refractivity (Wildman–Crippen MR) is 137 cm³/mol. The van der Waals surface area contributed by atoms with Gasteiger partial charge in [0.15, 0.2) is 0 Å². The number of rotatable bonds is 5. The molecule has 0 unspecified atom stereocenters. The van der Waals surface area contributed by atoms with Gasteiger partial charge in [-0.25, -0.2) is 4.98 Å². The largest absolute Gasteiger partial charge is 0.495 e. The first-order chi connectivity index (χ1) is 17.0. The number of amides is 1. The van der Waals surface area contributed by atoms with Gasteiger partial charge < -0.3 is 14.5 Å². The molecule has 7 heteroatoms. The third kappa shape index (κ3) is 4.49. The van der Waals surface area contributed by atoms with E-state index in [0.717, 1.165) is 28.0 Å². The highest BCUT2D eigenvalue weighted by Crippen LogP contribution is 2.28. The van der Waals surface area contributed by atoms with Gasteiger partial charge in [0.2, 0.25) is 0 Å². The van der Waals surface area contributed by atoms with Crippen LogP contribution in [0.15, 0.2) is 77.7 Å². The summed E-state index contributed by atoms with van der Waals surface area (Å²) < 4.78 is 7.10. The van der Waals surface area contributed by atoms with Crippen molar-refractivity contribution in [3.8, 4) is 5.75 Å². The zero-order chi connectivity index (χ0) is 24.4. The summed E-state index contributed by atoms with van der Waals surface area (Å²) in [6.07, 6.45) is 1.67. The highest BCUT2D eigenvalue weighted by atomic mass is 16.5. The Morgan fingerprint density at radius 3 is 2.46 bits per heavy atom. The van der Waals surface area contributed by atoms with Crippen molar-refractivity contribution in [3.63, 3.8) is 0 Å². The Hall–Kier alpha value is -4.13. The second-order valence-corrected chi connectivity index (χ2v) is 8.80. The Kier molecular flexibility index (Phi) is 6.23. The molecule has 0 radical (unpaired) electrons. The molecule has 0 N–H and O–H groups in total. The van der Waals surface area contributed by atoms with E-state index in [1.807, 2.05) is 67.6 Å². The minimum atomic E-state index is -0.311. The molecule has 2 aromatic heterocycles. The van der Waals surface area contributed by atoms with Gasteiger partial charge in [0.25, 0.3) is 11.5 Å². The van der Waals surface area contributed by atoms with E-state index in [1.165, 1.54) is 0 Å². The number of hydrogen-bond acceptors (Lipinski definition) is 5. The lowest BCUT2D eigenvalue weighted by atomic mass is 10.1. The standard InChI is InChI=1S/C28H28N4O3/c1-20-9-11-21(12-10-20)19-32-26-22(6-5-13-29-26)18-23(28(32)34)27(33)31-16-14-30(15-17-31)24-7-3-4-8-25(24)35-2/h3-13,18H,14-17,19H2,1-2H3. The molecular formula is C28H28N4O3. The summed E-state index contributed by atoms with van der Waals surface area (Å²) in [5, 5.41) is 0.773. The van der Waals surface area contributed by atoms with Crippen molar-refractivity contribution in [1.29, 1.82) is 0 Å². The van der Waals surface area contributed by atoms with E-state index in [-0.39, 0.29) is 17.0 Å². The van der Waals surface area contributed by atoms with Gasteiger partial charge in [-0.15, -0.1) is 0 Å². The third-order valence-electron chi connectivity index (χ3n) is 6.53. The van der Waals surface area contributed by atoms with Crippen molar-refractivity contribution in [2.45, 2.75) is 13.5 Å². The zero-order valence-electron chi connectivity index (χ0n) is 20.0. The molecule has 0 atom stereocenters. The second-order valence-electron chi connectivity index (χ2n) is 8.80. The molecule has 2 aromatic carbocycles. The van der Waals surface area contributed by atoms with E-state index in [2.05, 4.69) is 9.88 Å². The molecule has 0 bridgehead atoms. The summed E-state index contributed by atoms with van der Waals surface area (Å²) in [6.45, 7) is 4.77. The molecule has 1 fully saturated rings. The van der Waals surface area contributed by atoms with Gasteiger partial charge in [-0.05, 0) is 42.8 Å². The number of piperazine rings is 1. The smallest absolute Gasteiger partial charge is 0.265 e. The zero-order valence-corrected chi connectivity index (χ0v) is 20.0. The molecule has 5 rings (SSSR count). The minimum Gasteiger partial charge on any atom is -0.495 e. The molecule has 35 heavy (non-hydrogen) atoms. The van der Waals surface area contributed by atoms with Crippen LogP contribution in [0.2, 0.25) is 0 Å². The number of anilines is 1. The molecule has 0 aliphatic carbocycles. The first kappa shape index (κ1) is 22.7. The Bertz CT molecular complexity index is 1420. The quantitative estimate of drug-likeness (QED) is 0.447. The van der Waals surface area contributed by atoms with Gasteiger partial charge in [0, 0.05) is 37.8 Å². The average molecular weight is 469 g/mol. The third-order valence-corrected chi connectivity index (χ3v) is 6.53. The van der Waals surface area contributed by atoms with Crippen LogP contribution in [-0.2, 0) is 6.54 Å². The monoisotopic (exact) mass is 468 g/mol. The van der Waals surface area contributed by atoms with Crippen molar-refractivity contribution in [3.05, 3.63) is 100.0 Å². The number of pyridine rings is 2. The Labute approximate surface area is 204 Å². The number of para-hydroxylation sites is 2. The topological polar surface area (TPSA) is 67.7 Å². The van der Waals surface area contributed by atoms with Crippen LogP contribution in [0.25, 0.3) is 11.0 Å². The lowest BCUT2D eigenvalue weighted by Crippen LogP contribution is -2.50. The summed E-state index contributed by atoms with van der Waals surface area (Å²) in [6, 6.07) is 21.3. The van der Waals surface area contributed by atoms with Crippen molar-refractivity contribution in [1.82, 2.24) is 14.5 Å². The Morgan fingerprint density at radius 1 is 0.971 bits per heavy atom. The van der Waals surface area contributed by atoms with Crippen molar-refractivity contribution in [2.24, 2.45) is 0 Å². The van der Waals surface area contributed by atoms with E-state index < -0.39 is 0 Å². The first-order valence-corrected chi connectivity index (χ1v) is 11.8. The number of nitrogens with zero attached hydrogens (tertiary/aromatic N) is 4. The van der Waals surface area contributed by atoms with Crippen LogP contribution < -0.4 is 15.2 Å². The summed E-state index contributed by atoms with van der Waals surface area (Å²) in [5.74, 6) is 0.575. The van der Waals surface area contributed by atoms with Gasteiger partial charge >= 0.3 is 0 Å².